The molecular weight excluding hydrogens is 572 g/mol. The van der Waals surface area contributed by atoms with Gasteiger partial charge in [0.2, 0.25) is 5.88 Å². The highest BCUT2D eigenvalue weighted by atomic mass is 16.5. The zero-order chi connectivity index (χ0) is 31.9. The summed E-state index contributed by atoms with van der Waals surface area (Å²) in [5.41, 5.74) is 8.76. The summed E-state index contributed by atoms with van der Waals surface area (Å²) in [6.45, 7) is 12.9. The molecule has 7 rings (SSSR count). The third-order valence-electron chi connectivity index (χ3n) is 8.70. The van der Waals surface area contributed by atoms with Gasteiger partial charge in [-0.15, -0.1) is 0 Å². The summed E-state index contributed by atoms with van der Waals surface area (Å²) >= 11 is 0. The van der Waals surface area contributed by atoms with Gasteiger partial charge in [-0.05, 0) is 103 Å². The first-order valence-electron chi connectivity index (χ1n) is 16.5. The van der Waals surface area contributed by atoms with Crippen molar-refractivity contribution in [1.82, 2.24) is 29.9 Å². The topological polar surface area (TPSA) is 93.0 Å². The number of benzene rings is 1. The van der Waals surface area contributed by atoms with Gasteiger partial charge in [0.25, 0.3) is 0 Å². The molecular formula is C37H44N8O. The Labute approximate surface area is 272 Å². The van der Waals surface area contributed by atoms with E-state index >= 15 is 0 Å². The molecule has 1 aromatic carbocycles. The van der Waals surface area contributed by atoms with E-state index in [2.05, 4.69) is 54.0 Å². The number of rotatable bonds is 8. The Morgan fingerprint density at radius 2 is 1.09 bits per heavy atom. The van der Waals surface area contributed by atoms with Crippen LogP contribution >= 0.6 is 0 Å². The number of hydrogen-bond donors (Lipinski definition) is 0. The van der Waals surface area contributed by atoms with Crippen LogP contribution in [0.15, 0.2) is 60.7 Å². The van der Waals surface area contributed by atoms with Crippen LogP contribution in [0.5, 0.6) is 5.88 Å². The van der Waals surface area contributed by atoms with Crippen molar-refractivity contribution in [2.75, 3.05) is 36.0 Å². The van der Waals surface area contributed by atoms with Crippen molar-refractivity contribution >= 4 is 22.7 Å². The van der Waals surface area contributed by atoms with E-state index in [1.165, 1.54) is 25.7 Å². The Kier molecular flexibility index (Phi) is 9.96. The van der Waals surface area contributed by atoms with Crippen molar-refractivity contribution in [2.45, 2.75) is 72.8 Å². The van der Waals surface area contributed by atoms with Gasteiger partial charge in [-0.3, -0.25) is 9.97 Å². The second kappa shape index (κ2) is 14.6. The zero-order valence-corrected chi connectivity index (χ0v) is 27.5. The monoisotopic (exact) mass is 616 g/mol. The lowest BCUT2D eigenvalue weighted by Gasteiger charge is -2.17. The summed E-state index contributed by atoms with van der Waals surface area (Å²) < 4.78 is 5.89. The third-order valence-corrected chi connectivity index (χ3v) is 8.70. The normalized spacial score (nSPS) is 14.4. The van der Waals surface area contributed by atoms with Gasteiger partial charge in [-0.25, -0.2) is 19.9 Å². The quantitative estimate of drug-likeness (QED) is 0.189. The molecule has 6 heterocycles. The number of hydrogen-bond acceptors (Lipinski definition) is 9. The van der Waals surface area contributed by atoms with Gasteiger partial charge in [0.1, 0.15) is 23.9 Å². The van der Waals surface area contributed by atoms with E-state index in [9.17, 15) is 0 Å². The van der Waals surface area contributed by atoms with Crippen LogP contribution in [0.25, 0.3) is 11.0 Å². The molecule has 0 unspecified atom stereocenters. The van der Waals surface area contributed by atoms with Crippen LogP contribution in [0.2, 0.25) is 0 Å². The van der Waals surface area contributed by atoms with E-state index < -0.39 is 0 Å². The fourth-order valence-corrected chi connectivity index (χ4v) is 5.99. The van der Waals surface area contributed by atoms with E-state index in [1.54, 1.807) is 0 Å². The summed E-state index contributed by atoms with van der Waals surface area (Å²) in [5, 5.41) is 0. The van der Waals surface area contributed by atoms with Gasteiger partial charge in [0.15, 0.2) is 0 Å². The Balaban J connectivity index is 0.000000162. The minimum Gasteiger partial charge on any atom is -0.470 e. The first-order chi connectivity index (χ1) is 22.4. The molecule has 0 spiro atoms. The first kappa shape index (κ1) is 31.3. The maximum atomic E-state index is 5.89. The summed E-state index contributed by atoms with van der Waals surface area (Å²) in [6, 6.07) is 20.3. The van der Waals surface area contributed by atoms with E-state index in [0.717, 1.165) is 102 Å². The molecule has 0 aliphatic carbocycles. The van der Waals surface area contributed by atoms with Crippen LogP contribution in [0.1, 0.15) is 65.5 Å². The van der Waals surface area contributed by atoms with Gasteiger partial charge >= 0.3 is 0 Å². The first-order valence-corrected chi connectivity index (χ1v) is 16.5. The third kappa shape index (κ3) is 7.76. The molecule has 4 aromatic heterocycles. The highest BCUT2D eigenvalue weighted by molar-refractivity contribution is 5.74. The van der Waals surface area contributed by atoms with Crippen molar-refractivity contribution in [3.8, 4) is 5.88 Å². The van der Waals surface area contributed by atoms with Crippen molar-refractivity contribution < 1.29 is 4.74 Å². The molecule has 0 amide bonds. The number of anilines is 2. The molecule has 2 aliphatic rings. The Bertz CT molecular complexity index is 1780. The number of ether oxygens (including phenoxy) is 1. The van der Waals surface area contributed by atoms with Crippen LogP contribution in [-0.2, 0) is 19.4 Å². The van der Waals surface area contributed by atoms with E-state index in [4.69, 9.17) is 14.7 Å². The van der Waals surface area contributed by atoms with Crippen LogP contribution in [0, 0.1) is 27.7 Å². The minimum absolute atomic E-state index is 0.398. The molecule has 0 N–H and O–H groups in total. The van der Waals surface area contributed by atoms with Gasteiger partial charge in [0, 0.05) is 31.9 Å². The van der Waals surface area contributed by atoms with Crippen LogP contribution in [-0.4, -0.2) is 56.1 Å². The second-order valence-electron chi connectivity index (χ2n) is 12.2. The number of fused-ring (bicyclic) bond motifs is 1. The van der Waals surface area contributed by atoms with Crippen molar-refractivity contribution in [3.05, 3.63) is 101 Å². The maximum Gasteiger partial charge on any atom is 0.236 e. The number of para-hydroxylation sites is 2. The summed E-state index contributed by atoms with van der Waals surface area (Å²) in [4.78, 5) is 32.6. The molecule has 0 bridgehead atoms. The zero-order valence-electron chi connectivity index (χ0n) is 27.5. The molecule has 0 atom stereocenters. The number of pyridine rings is 2. The average molecular weight is 617 g/mol. The molecule has 2 fully saturated rings. The van der Waals surface area contributed by atoms with Crippen LogP contribution < -0.4 is 14.5 Å². The molecule has 9 nitrogen and oxygen atoms in total. The average Bonchev–Trinajstić information content (AvgIpc) is 3.81. The number of aromatic nitrogens is 6. The van der Waals surface area contributed by atoms with Gasteiger partial charge < -0.3 is 14.5 Å². The lowest BCUT2D eigenvalue weighted by Crippen LogP contribution is -2.19. The standard InChI is InChI=1S/C19H20N4O.C18H24N4/c1-14-19(22-17-9-3-2-8-16(17)20-14)24-13-15-7-6-10-18(21-15)23-11-4-5-12-23;1-13-14(2)20-17(15(3)19-13)10-9-16-7-6-8-18(21-16)22-11-4-5-12-22/h2-3,6-10H,4-5,11-13H2,1H3;6-8H,4-5,9-12H2,1-3H3. The van der Waals surface area contributed by atoms with E-state index in [-0.39, 0.29) is 0 Å². The molecule has 0 saturated carbocycles. The summed E-state index contributed by atoms with van der Waals surface area (Å²) in [7, 11) is 0. The SMILES string of the molecule is Cc1nc(C)c(CCc2cccc(N3CCCC3)n2)nc1C.Cc1nc2ccccc2nc1OCc1cccc(N2CCCC2)n1. The lowest BCUT2D eigenvalue weighted by atomic mass is 10.1. The van der Waals surface area contributed by atoms with E-state index in [0.29, 0.717) is 12.5 Å². The smallest absolute Gasteiger partial charge is 0.236 e. The van der Waals surface area contributed by atoms with Crippen molar-refractivity contribution in [1.29, 1.82) is 0 Å². The molecule has 0 radical (unpaired) electrons. The number of nitrogens with zero attached hydrogens (tertiary/aromatic N) is 8. The Morgan fingerprint density at radius 1 is 0.522 bits per heavy atom. The van der Waals surface area contributed by atoms with Crippen LogP contribution in [0.4, 0.5) is 11.6 Å². The number of aryl methyl sites for hydroxylation is 6. The van der Waals surface area contributed by atoms with Crippen molar-refractivity contribution in [3.63, 3.8) is 0 Å². The molecule has 5 aromatic rings. The van der Waals surface area contributed by atoms with Gasteiger partial charge in [-0.2, -0.15) is 0 Å². The highest BCUT2D eigenvalue weighted by Gasteiger charge is 2.15. The summed E-state index contributed by atoms with van der Waals surface area (Å²) in [5.74, 6) is 2.73. The Hall–Kier alpha value is -4.66. The predicted octanol–water partition coefficient (Wildman–Crippen LogP) is 6.69. The van der Waals surface area contributed by atoms with Crippen molar-refractivity contribution in [2.24, 2.45) is 0 Å². The molecule has 46 heavy (non-hydrogen) atoms. The van der Waals surface area contributed by atoms with Gasteiger partial charge in [0.05, 0.1) is 39.5 Å². The second-order valence-corrected chi connectivity index (χ2v) is 12.2. The fourth-order valence-electron chi connectivity index (χ4n) is 5.99. The molecule has 2 aliphatic heterocycles. The molecule has 2 saturated heterocycles. The molecule has 9 heteroatoms. The Morgan fingerprint density at radius 3 is 1.74 bits per heavy atom. The predicted molar refractivity (Wildman–Crippen MR) is 184 cm³/mol. The van der Waals surface area contributed by atoms with Crippen LogP contribution in [0.3, 0.4) is 0 Å². The summed E-state index contributed by atoms with van der Waals surface area (Å²) in [6.07, 6.45) is 6.87. The van der Waals surface area contributed by atoms with Gasteiger partial charge in [-0.1, -0.05) is 24.3 Å². The van der Waals surface area contributed by atoms with E-state index in [1.807, 2.05) is 64.1 Å². The highest BCUT2D eigenvalue weighted by Crippen LogP contribution is 2.22. The lowest BCUT2D eigenvalue weighted by molar-refractivity contribution is 0.287. The minimum atomic E-state index is 0.398. The maximum absolute atomic E-state index is 5.89. The molecule has 238 valence electrons. The largest absolute Gasteiger partial charge is 0.470 e. The fraction of sp³-hybridized carbons (Fsp3) is 0.405.